The van der Waals surface area contributed by atoms with Crippen molar-refractivity contribution in [1.29, 1.82) is 0 Å². The summed E-state index contributed by atoms with van der Waals surface area (Å²) in [4.78, 5) is 39.3. The van der Waals surface area contributed by atoms with E-state index in [2.05, 4.69) is 5.32 Å². The molecule has 25 heavy (non-hydrogen) atoms. The number of carbonyl (C=O) groups excluding carboxylic acids is 3. The molecule has 0 saturated carbocycles. The number of aryl methyl sites for hydroxylation is 1. The van der Waals surface area contributed by atoms with Gasteiger partial charge in [0.1, 0.15) is 5.75 Å². The molecule has 1 saturated heterocycles. The van der Waals surface area contributed by atoms with E-state index in [1.807, 2.05) is 13.0 Å². The van der Waals surface area contributed by atoms with Gasteiger partial charge in [0.2, 0.25) is 0 Å². The summed E-state index contributed by atoms with van der Waals surface area (Å²) in [5.41, 5.74) is 1.39. The van der Waals surface area contributed by atoms with E-state index in [9.17, 15) is 14.4 Å². The fourth-order valence-corrected chi connectivity index (χ4v) is 2.67. The topological polar surface area (TPSA) is 88.2 Å². The molecule has 0 bridgehead atoms. The van der Waals surface area contributed by atoms with Gasteiger partial charge in [-0.05, 0) is 31.0 Å². The SMILES string of the molecule is COC(=O)N1CCCN(C(=O)C(=O)Nc2cc(C)ccc2OC)CC1. The van der Waals surface area contributed by atoms with Crippen LogP contribution in [0.5, 0.6) is 5.75 Å². The summed E-state index contributed by atoms with van der Waals surface area (Å²) in [5, 5.41) is 2.60. The van der Waals surface area contributed by atoms with Crippen molar-refractivity contribution in [2.24, 2.45) is 0 Å². The average Bonchev–Trinajstić information content (AvgIpc) is 2.86. The van der Waals surface area contributed by atoms with Crippen LogP contribution >= 0.6 is 0 Å². The van der Waals surface area contributed by atoms with Crippen LogP contribution in [0.1, 0.15) is 12.0 Å². The Kier molecular flexibility index (Phi) is 6.21. The van der Waals surface area contributed by atoms with E-state index in [1.165, 1.54) is 24.0 Å². The largest absolute Gasteiger partial charge is 0.495 e. The minimum Gasteiger partial charge on any atom is -0.495 e. The lowest BCUT2D eigenvalue weighted by molar-refractivity contribution is -0.143. The van der Waals surface area contributed by atoms with Crippen LogP contribution in [-0.2, 0) is 14.3 Å². The molecule has 0 radical (unpaired) electrons. The summed E-state index contributed by atoms with van der Waals surface area (Å²) in [6, 6.07) is 5.33. The van der Waals surface area contributed by atoms with E-state index in [1.54, 1.807) is 12.1 Å². The fourth-order valence-electron chi connectivity index (χ4n) is 2.67. The van der Waals surface area contributed by atoms with Crippen molar-refractivity contribution in [2.75, 3.05) is 45.7 Å². The second-order valence-corrected chi connectivity index (χ2v) is 5.76. The monoisotopic (exact) mass is 349 g/mol. The minimum absolute atomic E-state index is 0.284. The zero-order valence-corrected chi connectivity index (χ0v) is 14.7. The maximum absolute atomic E-state index is 12.4. The van der Waals surface area contributed by atoms with Gasteiger partial charge in [-0.15, -0.1) is 0 Å². The van der Waals surface area contributed by atoms with Crippen LogP contribution in [0.25, 0.3) is 0 Å². The lowest BCUT2D eigenvalue weighted by atomic mass is 10.2. The summed E-state index contributed by atoms with van der Waals surface area (Å²) in [7, 11) is 2.82. The average molecular weight is 349 g/mol. The number of hydrogen-bond donors (Lipinski definition) is 1. The van der Waals surface area contributed by atoms with Gasteiger partial charge in [0.25, 0.3) is 0 Å². The molecule has 8 heteroatoms. The van der Waals surface area contributed by atoms with Crippen LogP contribution in [-0.4, -0.2) is 68.1 Å². The molecule has 1 aliphatic heterocycles. The van der Waals surface area contributed by atoms with Crippen molar-refractivity contribution < 1.29 is 23.9 Å². The van der Waals surface area contributed by atoms with E-state index in [4.69, 9.17) is 9.47 Å². The molecule has 3 amide bonds. The lowest BCUT2D eigenvalue weighted by Gasteiger charge is -2.21. The molecule has 1 aliphatic rings. The van der Waals surface area contributed by atoms with Gasteiger partial charge in [-0.2, -0.15) is 0 Å². The molecule has 1 N–H and O–H groups in total. The van der Waals surface area contributed by atoms with Gasteiger partial charge in [0.05, 0.1) is 19.9 Å². The van der Waals surface area contributed by atoms with Crippen LogP contribution in [0.4, 0.5) is 10.5 Å². The molecule has 1 fully saturated rings. The molecule has 0 spiro atoms. The molecule has 1 aromatic rings. The number of methoxy groups -OCH3 is 2. The third-order valence-corrected chi connectivity index (χ3v) is 4.01. The van der Waals surface area contributed by atoms with Crippen molar-refractivity contribution >= 4 is 23.6 Å². The summed E-state index contributed by atoms with van der Waals surface area (Å²) in [6.45, 7) is 3.40. The Labute approximate surface area is 146 Å². The number of nitrogens with one attached hydrogen (secondary N) is 1. The second-order valence-electron chi connectivity index (χ2n) is 5.76. The van der Waals surface area contributed by atoms with Gasteiger partial charge >= 0.3 is 17.9 Å². The summed E-state index contributed by atoms with van der Waals surface area (Å²) in [5.74, 6) is -0.870. The van der Waals surface area contributed by atoms with Crippen LogP contribution in [0.2, 0.25) is 0 Å². The van der Waals surface area contributed by atoms with E-state index in [0.717, 1.165) is 5.56 Å². The number of anilines is 1. The van der Waals surface area contributed by atoms with Crippen LogP contribution in [0, 0.1) is 6.92 Å². The highest BCUT2D eigenvalue weighted by Crippen LogP contribution is 2.25. The van der Waals surface area contributed by atoms with Gasteiger partial charge in [0, 0.05) is 26.2 Å². The molecule has 0 unspecified atom stereocenters. The third-order valence-electron chi connectivity index (χ3n) is 4.01. The van der Waals surface area contributed by atoms with Crippen molar-refractivity contribution in [1.82, 2.24) is 9.80 Å². The van der Waals surface area contributed by atoms with E-state index < -0.39 is 17.9 Å². The third kappa shape index (κ3) is 4.62. The first-order chi connectivity index (χ1) is 12.0. The minimum atomic E-state index is -0.726. The molecule has 0 aromatic heterocycles. The maximum atomic E-state index is 12.4. The maximum Gasteiger partial charge on any atom is 0.409 e. The van der Waals surface area contributed by atoms with Gasteiger partial charge in [-0.1, -0.05) is 6.07 Å². The smallest absolute Gasteiger partial charge is 0.409 e. The first-order valence-corrected chi connectivity index (χ1v) is 8.04. The highest BCUT2D eigenvalue weighted by atomic mass is 16.5. The van der Waals surface area contributed by atoms with Crippen molar-refractivity contribution in [3.8, 4) is 5.75 Å². The standard InChI is InChI=1S/C17H23N3O5/c1-12-5-6-14(24-2)13(11-12)18-15(21)16(22)19-7-4-8-20(10-9-19)17(23)25-3/h5-6,11H,4,7-10H2,1-3H3,(H,18,21). The Bertz CT molecular complexity index is 662. The van der Waals surface area contributed by atoms with Crippen LogP contribution in [0.15, 0.2) is 18.2 Å². The highest BCUT2D eigenvalue weighted by molar-refractivity contribution is 6.39. The lowest BCUT2D eigenvalue weighted by Crippen LogP contribution is -2.42. The number of nitrogens with zero attached hydrogens (tertiary/aromatic N) is 2. The van der Waals surface area contributed by atoms with Gasteiger partial charge < -0.3 is 24.6 Å². The van der Waals surface area contributed by atoms with Crippen molar-refractivity contribution in [2.45, 2.75) is 13.3 Å². The quantitative estimate of drug-likeness (QED) is 0.812. The molecule has 0 atom stereocenters. The zero-order chi connectivity index (χ0) is 18.4. The van der Waals surface area contributed by atoms with Gasteiger partial charge in [0.15, 0.2) is 0 Å². The first-order valence-electron chi connectivity index (χ1n) is 8.04. The first kappa shape index (κ1) is 18.6. The molecule has 1 aromatic carbocycles. The number of hydrogen-bond acceptors (Lipinski definition) is 5. The van der Waals surface area contributed by atoms with Crippen LogP contribution in [0.3, 0.4) is 0 Å². The van der Waals surface area contributed by atoms with E-state index in [0.29, 0.717) is 37.5 Å². The number of ether oxygens (including phenoxy) is 2. The summed E-state index contributed by atoms with van der Waals surface area (Å²) < 4.78 is 9.90. The fraction of sp³-hybridized carbons (Fsp3) is 0.471. The van der Waals surface area contributed by atoms with Crippen molar-refractivity contribution in [3.63, 3.8) is 0 Å². The molecular weight excluding hydrogens is 326 g/mol. The highest BCUT2D eigenvalue weighted by Gasteiger charge is 2.26. The number of rotatable bonds is 2. The van der Waals surface area contributed by atoms with Gasteiger partial charge in [-0.25, -0.2) is 4.79 Å². The van der Waals surface area contributed by atoms with E-state index >= 15 is 0 Å². The number of benzene rings is 1. The van der Waals surface area contributed by atoms with Crippen LogP contribution < -0.4 is 10.1 Å². The van der Waals surface area contributed by atoms with Crippen molar-refractivity contribution in [3.05, 3.63) is 23.8 Å². The Morgan fingerprint density at radius 1 is 1.04 bits per heavy atom. The van der Waals surface area contributed by atoms with E-state index in [-0.39, 0.29) is 6.54 Å². The zero-order valence-electron chi connectivity index (χ0n) is 14.7. The normalized spacial score (nSPS) is 14.5. The molecule has 1 heterocycles. The Hall–Kier alpha value is -2.77. The molecule has 2 rings (SSSR count). The summed E-state index contributed by atoms with van der Waals surface area (Å²) >= 11 is 0. The van der Waals surface area contributed by atoms with Gasteiger partial charge in [-0.3, -0.25) is 9.59 Å². The Balaban J connectivity index is 2.02. The second kappa shape index (κ2) is 8.36. The molecular formula is C17H23N3O5. The molecule has 136 valence electrons. The number of amides is 3. The molecule has 0 aliphatic carbocycles. The molecule has 8 nitrogen and oxygen atoms in total. The summed E-state index contributed by atoms with van der Waals surface area (Å²) in [6.07, 6.45) is 0.158. The predicted molar refractivity (Wildman–Crippen MR) is 91.5 cm³/mol. The Morgan fingerprint density at radius 2 is 1.72 bits per heavy atom. The number of carbonyl (C=O) groups is 3. The predicted octanol–water partition coefficient (Wildman–Crippen LogP) is 1.24. The Morgan fingerprint density at radius 3 is 2.40 bits per heavy atom.